The molecule has 7 heteroatoms. The van der Waals surface area contributed by atoms with Crippen molar-refractivity contribution in [1.29, 1.82) is 0 Å². The summed E-state index contributed by atoms with van der Waals surface area (Å²) in [5, 5.41) is 14.2. The maximum absolute atomic E-state index is 11.0. The minimum Gasteiger partial charge on any atom is -0.360 e. The van der Waals surface area contributed by atoms with E-state index < -0.39 is 4.92 Å². The van der Waals surface area contributed by atoms with Crippen LogP contribution in [0, 0.1) is 17.0 Å². The van der Waals surface area contributed by atoms with E-state index in [4.69, 9.17) is 0 Å². The minimum atomic E-state index is -0.429. The molecule has 100 valence electrons. The SMILES string of the molecule is Cc1nc([N+](=O)[O-])c(NC2CCCN(C)C2)n1C. The van der Waals surface area contributed by atoms with E-state index in [1.165, 1.54) is 0 Å². The Balaban J connectivity index is 2.20. The lowest BCUT2D eigenvalue weighted by Gasteiger charge is -2.30. The van der Waals surface area contributed by atoms with Crippen LogP contribution in [-0.4, -0.2) is 45.6 Å². The molecule has 0 aromatic carbocycles. The van der Waals surface area contributed by atoms with E-state index in [1.807, 2.05) is 0 Å². The van der Waals surface area contributed by atoms with Crippen molar-refractivity contribution in [2.45, 2.75) is 25.8 Å². The summed E-state index contributed by atoms with van der Waals surface area (Å²) in [7, 11) is 3.86. The summed E-state index contributed by atoms with van der Waals surface area (Å²) < 4.78 is 1.74. The number of likely N-dealkylation sites (N-methyl/N-ethyl adjacent to an activating group) is 1. The molecule has 2 rings (SSSR count). The number of likely N-dealkylation sites (tertiary alicyclic amines) is 1. The largest absolute Gasteiger partial charge is 0.406 e. The number of anilines is 1. The predicted octanol–water partition coefficient (Wildman–Crippen LogP) is 1.14. The summed E-state index contributed by atoms with van der Waals surface area (Å²) in [6, 6.07) is 0.247. The van der Waals surface area contributed by atoms with Gasteiger partial charge in [0.25, 0.3) is 0 Å². The topological polar surface area (TPSA) is 76.2 Å². The van der Waals surface area contributed by atoms with Crippen LogP contribution in [-0.2, 0) is 7.05 Å². The van der Waals surface area contributed by atoms with Crippen LogP contribution in [0.15, 0.2) is 0 Å². The van der Waals surface area contributed by atoms with Crippen molar-refractivity contribution < 1.29 is 4.92 Å². The molecule has 0 amide bonds. The quantitative estimate of drug-likeness (QED) is 0.645. The molecular formula is C11H19N5O2. The van der Waals surface area contributed by atoms with Crippen molar-refractivity contribution in [2.24, 2.45) is 7.05 Å². The van der Waals surface area contributed by atoms with E-state index in [-0.39, 0.29) is 11.9 Å². The standard InChI is InChI=1S/C11H19N5O2/c1-8-12-11(16(17)18)10(15(8)3)13-9-5-4-6-14(2)7-9/h9,13H,4-7H2,1-3H3. The van der Waals surface area contributed by atoms with Gasteiger partial charge in [0.15, 0.2) is 0 Å². The van der Waals surface area contributed by atoms with Gasteiger partial charge in [0.05, 0.1) is 0 Å². The molecule has 0 spiro atoms. The summed E-state index contributed by atoms with van der Waals surface area (Å²) in [6.07, 6.45) is 2.14. The van der Waals surface area contributed by atoms with Crippen molar-refractivity contribution in [3.8, 4) is 0 Å². The second-order valence-electron chi connectivity index (χ2n) is 4.89. The van der Waals surface area contributed by atoms with Crippen molar-refractivity contribution in [3.63, 3.8) is 0 Å². The van der Waals surface area contributed by atoms with Gasteiger partial charge in [0.1, 0.15) is 0 Å². The lowest BCUT2D eigenvalue weighted by atomic mass is 10.1. The van der Waals surface area contributed by atoms with Gasteiger partial charge in [-0.3, -0.25) is 4.57 Å². The average molecular weight is 253 g/mol. The Morgan fingerprint density at radius 3 is 2.83 bits per heavy atom. The number of piperidine rings is 1. The molecule has 1 saturated heterocycles. The Hall–Kier alpha value is -1.63. The number of nitrogens with zero attached hydrogens (tertiary/aromatic N) is 4. The Labute approximate surface area is 106 Å². The summed E-state index contributed by atoms with van der Waals surface area (Å²) in [6.45, 7) is 3.76. The number of aryl methyl sites for hydroxylation is 1. The average Bonchev–Trinajstić information content (AvgIpc) is 2.57. The van der Waals surface area contributed by atoms with E-state index in [0.717, 1.165) is 25.9 Å². The van der Waals surface area contributed by atoms with Crippen LogP contribution >= 0.6 is 0 Å². The third-order valence-electron chi connectivity index (χ3n) is 3.44. The van der Waals surface area contributed by atoms with Crippen LogP contribution in [0.5, 0.6) is 0 Å². The van der Waals surface area contributed by atoms with Gasteiger partial charge in [0.2, 0.25) is 11.6 Å². The number of nitrogens with one attached hydrogen (secondary N) is 1. The molecule has 0 radical (unpaired) electrons. The molecule has 0 saturated carbocycles. The highest BCUT2D eigenvalue weighted by molar-refractivity contribution is 5.54. The van der Waals surface area contributed by atoms with Gasteiger partial charge >= 0.3 is 5.82 Å². The second kappa shape index (κ2) is 4.93. The monoisotopic (exact) mass is 253 g/mol. The molecule has 2 heterocycles. The van der Waals surface area contributed by atoms with E-state index in [9.17, 15) is 10.1 Å². The number of aromatic nitrogens is 2. The molecule has 18 heavy (non-hydrogen) atoms. The summed E-state index contributed by atoms with van der Waals surface area (Å²) in [5.74, 6) is 1.08. The fraction of sp³-hybridized carbons (Fsp3) is 0.727. The van der Waals surface area contributed by atoms with E-state index in [1.54, 1.807) is 18.5 Å². The van der Waals surface area contributed by atoms with Crippen molar-refractivity contribution in [3.05, 3.63) is 15.9 Å². The Morgan fingerprint density at radius 1 is 1.50 bits per heavy atom. The molecule has 1 fully saturated rings. The Morgan fingerprint density at radius 2 is 2.22 bits per heavy atom. The zero-order valence-electron chi connectivity index (χ0n) is 11.0. The van der Waals surface area contributed by atoms with Gasteiger partial charge in [-0.15, -0.1) is 0 Å². The lowest BCUT2D eigenvalue weighted by Crippen LogP contribution is -2.40. The number of nitro groups is 1. The first-order valence-corrected chi connectivity index (χ1v) is 6.12. The van der Waals surface area contributed by atoms with Gasteiger partial charge in [-0.1, -0.05) is 0 Å². The molecule has 1 aromatic heterocycles. The molecular weight excluding hydrogens is 234 g/mol. The summed E-state index contributed by atoms with van der Waals surface area (Å²) in [4.78, 5) is 16.8. The predicted molar refractivity (Wildman–Crippen MR) is 68.7 cm³/mol. The summed E-state index contributed by atoms with van der Waals surface area (Å²) >= 11 is 0. The Kier molecular flexibility index (Phi) is 3.51. The van der Waals surface area contributed by atoms with Gasteiger partial charge in [-0.2, -0.15) is 0 Å². The van der Waals surface area contributed by atoms with Crippen molar-refractivity contribution in [2.75, 3.05) is 25.5 Å². The highest BCUT2D eigenvalue weighted by atomic mass is 16.6. The lowest BCUT2D eigenvalue weighted by molar-refractivity contribution is -0.388. The van der Waals surface area contributed by atoms with E-state index in [2.05, 4.69) is 22.2 Å². The maximum Gasteiger partial charge on any atom is 0.406 e. The zero-order chi connectivity index (χ0) is 13.3. The summed E-state index contributed by atoms with van der Waals surface area (Å²) in [5.41, 5.74) is 0. The molecule has 1 aliphatic rings. The third kappa shape index (κ3) is 2.45. The molecule has 1 atom stereocenters. The maximum atomic E-state index is 11.0. The first kappa shape index (κ1) is 12.8. The minimum absolute atomic E-state index is 0.0803. The third-order valence-corrected chi connectivity index (χ3v) is 3.44. The first-order valence-electron chi connectivity index (χ1n) is 6.12. The van der Waals surface area contributed by atoms with Crippen LogP contribution in [0.25, 0.3) is 0 Å². The van der Waals surface area contributed by atoms with Gasteiger partial charge in [0, 0.05) is 26.6 Å². The van der Waals surface area contributed by atoms with Crippen LogP contribution in [0.1, 0.15) is 18.7 Å². The fourth-order valence-electron chi connectivity index (χ4n) is 2.36. The van der Waals surface area contributed by atoms with Crippen LogP contribution in [0.2, 0.25) is 0 Å². The van der Waals surface area contributed by atoms with Crippen LogP contribution < -0.4 is 5.32 Å². The van der Waals surface area contributed by atoms with Gasteiger partial charge in [-0.05, 0) is 36.3 Å². The normalized spacial score (nSPS) is 20.9. The van der Waals surface area contributed by atoms with Crippen LogP contribution in [0.4, 0.5) is 11.6 Å². The first-order chi connectivity index (χ1) is 8.49. The van der Waals surface area contributed by atoms with Crippen LogP contribution in [0.3, 0.4) is 0 Å². The molecule has 1 unspecified atom stereocenters. The molecule has 0 aliphatic carbocycles. The van der Waals surface area contributed by atoms with Gasteiger partial charge < -0.3 is 20.3 Å². The number of imidazole rings is 1. The second-order valence-corrected chi connectivity index (χ2v) is 4.89. The van der Waals surface area contributed by atoms with Gasteiger partial charge in [-0.25, -0.2) is 0 Å². The van der Waals surface area contributed by atoms with E-state index in [0.29, 0.717) is 11.6 Å². The molecule has 1 aromatic rings. The smallest absolute Gasteiger partial charge is 0.360 e. The van der Waals surface area contributed by atoms with E-state index >= 15 is 0 Å². The molecule has 7 nitrogen and oxygen atoms in total. The number of hydrogen-bond donors (Lipinski definition) is 1. The molecule has 1 N–H and O–H groups in total. The zero-order valence-corrected chi connectivity index (χ0v) is 11.0. The highest BCUT2D eigenvalue weighted by Gasteiger charge is 2.27. The number of rotatable bonds is 3. The molecule has 1 aliphatic heterocycles. The van der Waals surface area contributed by atoms with Crippen molar-refractivity contribution in [1.82, 2.24) is 14.5 Å². The molecule has 0 bridgehead atoms. The number of hydrogen-bond acceptors (Lipinski definition) is 5. The van der Waals surface area contributed by atoms with Crippen molar-refractivity contribution >= 4 is 11.6 Å². The Bertz CT molecular complexity index is 457. The highest BCUT2D eigenvalue weighted by Crippen LogP contribution is 2.26. The fourth-order valence-corrected chi connectivity index (χ4v) is 2.36.